The highest BCUT2D eigenvalue weighted by Gasteiger charge is 2.43. The van der Waals surface area contributed by atoms with Crippen LogP contribution in [-0.2, 0) is 13.0 Å². The van der Waals surface area contributed by atoms with Crippen LogP contribution in [0.3, 0.4) is 0 Å². The van der Waals surface area contributed by atoms with E-state index in [1.54, 1.807) is 24.3 Å². The molecule has 1 unspecified atom stereocenters. The molecule has 4 amide bonds. The van der Waals surface area contributed by atoms with E-state index in [1.807, 2.05) is 32.0 Å². The Kier molecular flexibility index (Phi) is 7.23. The fourth-order valence-corrected chi connectivity index (χ4v) is 4.28. The third-order valence-corrected chi connectivity index (χ3v) is 6.29. The first-order valence-electron chi connectivity index (χ1n) is 11.3. The van der Waals surface area contributed by atoms with E-state index in [1.165, 1.54) is 4.90 Å². The van der Waals surface area contributed by atoms with Crippen molar-refractivity contribution in [2.75, 3.05) is 18.4 Å². The molecule has 3 N–H and O–H groups in total. The van der Waals surface area contributed by atoms with Crippen molar-refractivity contribution in [2.45, 2.75) is 39.5 Å². The number of hydrogen-bond donors (Lipinski definition) is 2. The van der Waals surface area contributed by atoms with Gasteiger partial charge in [0.25, 0.3) is 0 Å². The van der Waals surface area contributed by atoms with Gasteiger partial charge in [0.2, 0.25) is 6.29 Å². The van der Waals surface area contributed by atoms with Gasteiger partial charge in [0, 0.05) is 29.1 Å². The summed E-state index contributed by atoms with van der Waals surface area (Å²) < 4.78 is 5.89. The third-order valence-electron chi connectivity index (χ3n) is 6.04. The van der Waals surface area contributed by atoms with Crippen LogP contribution in [-0.4, -0.2) is 46.3 Å². The summed E-state index contributed by atoms with van der Waals surface area (Å²) >= 11 is 6.01. The maximum absolute atomic E-state index is 13.4. The zero-order valence-electron chi connectivity index (χ0n) is 19.5. The van der Waals surface area contributed by atoms with E-state index in [-0.39, 0.29) is 26.1 Å². The molecule has 1 atom stereocenters. The minimum atomic E-state index is -0.957. The van der Waals surface area contributed by atoms with Crippen molar-refractivity contribution in [2.24, 2.45) is 11.0 Å². The second-order valence-electron chi connectivity index (χ2n) is 8.32. The highest BCUT2D eigenvalue weighted by atomic mass is 35.5. The molecule has 2 aromatic carbocycles. The van der Waals surface area contributed by atoms with Crippen molar-refractivity contribution in [1.82, 2.24) is 14.8 Å². The topological polar surface area (TPSA) is 124 Å². The second kappa shape index (κ2) is 10.3. The molecule has 1 saturated heterocycles. The van der Waals surface area contributed by atoms with E-state index in [2.05, 4.69) is 10.5 Å². The molecule has 11 heteroatoms. The van der Waals surface area contributed by atoms with Gasteiger partial charge in [0.15, 0.2) is 0 Å². The number of fused-ring (bicyclic) bond motifs is 1. The molecular weight excluding hydrogens is 472 g/mol. The number of aryl methyl sites for hydroxylation is 2. The Balaban J connectivity index is 1.66. The summed E-state index contributed by atoms with van der Waals surface area (Å²) in [6.07, 6.45) is 0.0645. The van der Waals surface area contributed by atoms with Gasteiger partial charge in [-0.3, -0.25) is 4.90 Å². The van der Waals surface area contributed by atoms with Crippen LogP contribution in [0.1, 0.15) is 30.2 Å². The molecular formula is C24H27ClN6O4. The number of rotatable bonds is 9. The van der Waals surface area contributed by atoms with Crippen molar-refractivity contribution in [1.29, 1.82) is 0 Å². The maximum Gasteiger partial charge on any atom is 0.345 e. The molecule has 4 rings (SSSR count). The van der Waals surface area contributed by atoms with Crippen molar-refractivity contribution in [3.8, 4) is 0 Å². The molecule has 0 spiro atoms. The van der Waals surface area contributed by atoms with E-state index in [9.17, 15) is 14.5 Å². The number of nitroso groups, excluding NO2 is 1. The Morgan fingerprint density at radius 3 is 2.57 bits per heavy atom. The Bertz CT molecular complexity index is 1240. The summed E-state index contributed by atoms with van der Waals surface area (Å²) in [5.74, 6) is 7.13. The lowest BCUT2D eigenvalue weighted by molar-refractivity contribution is 0.0376. The van der Waals surface area contributed by atoms with Gasteiger partial charge in [0.05, 0.1) is 13.1 Å². The largest absolute Gasteiger partial charge is 0.461 e. The lowest BCUT2D eigenvalue weighted by Crippen LogP contribution is -2.70. The molecule has 1 aliphatic heterocycles. The van der Waals surface area contributed by atoms with Gasteiger partial charge in [-0.2, -0.15) is 4.91 Å². The monoisotopic (exact) mass is 498 g/mol. The highest BCUT2D eigenvalue weighted by Crippen LogP contribution is 2.30. The smallest absolute Gasteiger partial charge is 0.345 e. The predicted octanol–water partition coefficient (Wildman–Crippen LogP) is 5.04. The van der Waals surface area contributed by atoms with Crippen LogP contribution in [0.15, 0.2) is 52.1 Å². The molecule has 10 nitrogen and oxygen atoms in total. The lowest BCUT2D eigenvalue weighted by atomic mass is 10.1. The Labute approximate surface area is 207 Å². The van der Waals surface area contributed by atoms with Crippen molar-refractivity contribution >= 4 is 40.3 Å². The molecule has 0 aliphatic carbocycles. The number of anilines is 1. The molecule has 0 saturated carbocycles. The minimum Gasteiger partial charge on any atom is -0.461 e. The molecule has 35 heavy (non-hydrogen) atoms. The standard InChI is InChI=1S/C24H27ClN6O4/c1-3-20-15(2)19-13-18(9-10-21(19)35-20)28-22-30(14-16-5-7-17(25)8-6-16)23(32)29(12-4-11-27-34)24(33)31(22)26/h5-10,13,22,28H,3-4,11-12,14,26H2,1-2H3. The molecule has 0 radical (unpaired) electrons. The zero-order valence-corrected chi connectivity index (χ0v) is 20.3. The van der Waals surface area contributed by atoms with Crippen LogP contribution in [0.2, 0.25) is 5.02 Å². The number of furan rings is 1. The number of amides is 4. The summed E-state index contributed by atoms with van der Waals surface area (Å²) in [6.45, 7) is 4.21. The van der Waals surface area contributed by atoms with Crippen LogP contribution >= 0.6 is 11.6 Å². The highest BCUT2D eigenvalue weighted by molar-refractivity contribution is 6.30. The second-order valence-corrected chi connectivity index (χ2v) is 8.75. The number of imide groups is 1. The number of carbonyl (C=O) groups excluding carboxylic acids is 2. The Morgan fingerprint density at radius 2 is 1.89 bits per heavy atom. The quantitative estimate of drug-likeness (QED) is 0.184. The van der Waals surface area contributed by atoms with E-state index in [0.29, 0.717) is 10.7 Å². The summed E-state index contributed by atoms with van der Waals surface area (Å²) in [4.78, 5) is 39.4. The zero-order chi connectivity index (χ0) is 25.1. The maximum atomic E-state index is 13.4. The van der Waals surface area contributed by atoms with Crippen molar-refractivity contribution in [3.63, 3.8) is 0 Å². The lowest BCUT2D eigenvalue weighted by Gasteiger charge is -2.45. The summed E-state index contributed by atoms with van der Waals surface area (Å²) in [5.41, 5.74) is 3.28. The Hall–Kier alpha value is -3.63. The number of nitrogens with two attached hydrogens (primary N) is 1. The molecule has 2 heterocycles. The molecule has 1 fully saturated rings. The van der Waals surface area contributed by atoms with Gasteiger partial charge in [-0.15, -0.1) is 0 Å². The Morgan fingerprint density at radius 1 is 1.14 bits per heavy atom. The number of carbonyl (C=O) groups is 2. The molecule has 3 aromatic rings. The van der Waals surface area contributed by atoms with Gasteiger partial charge in [-0.05, 0) is 54.8 Å². The van der Waals surface area contributed by atoms with Gasteiger partial charge in [0.1, 0.15) is 11.3 Å². The van der Waals surface area contributed by atoms with E-state index in [0.717, 1.165) is 44.2 Å². The first-order valence-corrected chi connectivity index (χ1v) is 11.7. The number of hydrazine groups is 1. The molecule has 1 aliphatic rings. The van der Waals surface area contributed by atoms with Crippen LogP contribution in [0.4, 0.5) is 15.3 Å². The minimum absolute atomic E-state index is 0.00962. The van der Waals surface area contributed by atoms with Crippen LogP contribution < -0.4 is 11.2 Å². The van der Waals surface area contributed by atoms with E-state index in [4.69, 9.17) is 21.9 Å². The number of nitrogens with one attached hydrogen (secondary N) is 1. The SMILES string of the molecule is CCc1oc2ccc(NC3N(N)C(=O)N(CCCN=O)C(=O)N3Cc3ccc(Cl)cc3)cc2c1C. The van der Waals surface area contributed by atoms with Gasteiger partial charge < -0.3 is 9.73 Å². The molecule has 0 bridgehead atoms. The van der Waals surface area contributed by atoms with Crippen LogP contribution in [0.5, 0.6) is 0 Å². The van der Waals surface area contributed by atoms with Crippen molar-refractivity contribution in [3.05, 3.63) is 69.3 Å². The normalized spacial score (nSPS) is 16.3. The van der Waals surface area contributed by atoms with Gasteiger partial charge in [-0.1, -0.05) is 35.8 Å². The summed E-state index contributed by atoms with van der Waals surface area (Å²) in [7, 11) is 0. The van der Waals surface area contributed by atoms with Crippen molar-refractivity contribution < 1.29 is 14.0 Å². The average molecular weight is 499 g/mol. The third kappa shape index (κ3) is 4.94. The number of benzene rings is 2. The number of halogens is 1. The summed E-state index contributed by atoms with van der Waals surface area (Å²) in [5, 5.41) is 8.53. The van der Waals surface area contributed by atoms with Gasteiger partial charge in [-0.25, -0.2) is 25.3 Å². The molecule has 1 aromatic heterocycles. The van der Waals surface area contributed by atoms with Crippen LogP contribution in [0.25, 0.3) is 11.0 Å². The average Bonchev–Trinajstić information content (AvgIpc) is 3.18. The number of hydrogen-bond acceptors (Lipinski definition) is 7. The fraction of sp³-hybridized carbons (Fsp3) is 0.333. The van der Waals surface area contributed by atoms with Gasteiger partial charge >= 0.3 is 12.1 Å². The predicted molar refractivity (Wildman–Crippen MR) is 134 cm³/mol. The first kappa shape index (κ1) is 24.5. The molecule has 184 valence electrons. The fourth-order valence-electron chi connectivity index (χ4n) is 4.16. The summed E-state index contributed by atoms with van der Waals surface area (Å²) in [6, 6.07) is 11.5. The van der Waals surface area contributed by atoms with E-state index < -0.39 is 18.4 Å². The first-order chi connectivity index (χ1) is 16.8. The number of nitrogens with zero attached hydrogens (tertiary/aromatic N) is 4. The van der Waals surface area contributed by atoms with Crippen LogP contribution in [0, 0.1) is 11.8 Å². The van der Waals surface area contributed by atoms with E-state index >= 15 is 0 Å². The number of urea groups is 2.